The highest BCUT2D eigenvalue weighted by atomic mass is 32.1. The molecule has 1 aliphatic heterocycles. The lowest BCUT2D eigenvalue weighted by atomic mass is 10.0. The van der Waals surface area contributed by atoms with Crippen molar-refractivity contribution in [3.63, 3.8) is 0 Å². The summed E-state index contributed by atoms with van der Waals surface area (Å²) in [4.78, 5) is 4.78. The predicted molar refractivity (Wildman–Crippen MR) is 101 cm³/mol. The van der Waals surface area contributed by atoms with Crippen molar-refractivity contribution in [1.82, 2.24) is 4.98 Å². The van der Waals surface area contributed by atoms with E-state index in [2.05, 4.69) is 22.8 Å². The van der Waals surface area contributed by atoms with E-state index in [-0.39, 0.29) is 5.54 Å². The quantitative estimate of drug-likeness (QED) is 0.712. The number of rotatable bonds is 5. The monoisotopic (exact) mass is 366 g/mol. The minimum Gasteiger partial charge on any atom is -0.496 e. The first-order valence-corrected chi connectivity index (χ1v) is 9.43. The molecule has 26 heavy (non-hydrogen) atoms. The third kappa shape index (κ3) is 2.57. The molecule has 5 nitrogen and oxygen atoms in total. The molecule has 1 aliphatic carbocycles. The highest BCUT2D eigenvalue weighted by molar-refractivity contribution is 7.14. The molecule has 5 rings (SSSR count). The highest BCUT2D eigenvalue weighted by Gasteiger charge is 2.45. The summed E-state index contributed by atoms with van der Waals surface area (Å²) >= 11 is 1.62. The molecule has 0 spiro atoms. The lowest BCUT2D eigenvalue weighted by Crippen LogP contribution is -2.18. The van der Waals surface area contributed by atoms with Gasteiger partial charge in [0, 0.05) is 10.9 Å². The fraction of sp³-hybridized carbons (Fsp3) is 0.250. The summed E-state index contributed by atoms with van der Waals surface area (Å²) in [5.41, 5.74) is 3.09. The number of nitrogens with one attached hydrogen (secondary N) is 1. The zero-order chi connectivity index (χ0) is 17.6. The second kappa shape index (κ2) is 5.92. The Morgan fingerprint density at radius 2 is 1.96 bits per heavy atom. The normalized spacial score (nSPS) is 16.3. The maximum absolute atomic E-state index is 5.52. The molecule has 1 saturated carbocycles. The van der Waals surface area contributed by atoms with Crippen LogP contribution >= 0.6 is 11.3 Å². The molecule has 0 saturated heterocycles. The highest BCUT2D eigenvalue weighted by Crippen LogP contribution is 2.51. The molecule has 2 aromatic carbocycles. The largest absolute Gasteiger partial charge is 0.496 e. The van der Waals surface area contributed by atoms with Crippen LogP contribution in [-0.4, -0.2) is 18.9 Å². The minimum atomic E-state index is -0.0587. The average molecular weight is 366 g/mol. The number of ether oxygens (including phenoxy) is 3. The van der Waals surface area contributed by atoms with Crippen molar-refractivity contribution >= 4 is 16.5 Å². The molecule has 0 bridgehead atoms. The summed E-state index contributed by atoms with van der Waals surface area (Å²) in [6.07, 6.45) is 2.16. The first-order valence-electron chi connectivity index (χ1n) is 8.55. The van der Waals surface area contributed by atoms with Gasteiger partial charge in [0.1, 0.15) is 5.75 Å². The average Bonchev–Trinajstić information content (AvgIpc) is 3.09. The van der Waals surface area contributed by atoms with Gasteiger partial charge in [-0.15, -0.1) is 11.3 Å². The van der Waals surface area contributed by atoms with Gasteiger partial charge >= 0.3 is 0 Å². The first kappa shape index (κ1) is 15.5. The van der Waals surface area contributed by atoms with Crippen molar-refractivity contribution in [2.75, 3.05) is 19.2 Å². The van der Waals surface area contributed by atoms with Gasteiger partial charge in [-0.2, -0.15) is 0 Å². The smallest absolute Gasteiger partial charge is 0.231 e. The Labute approximate surface area is 155 Å². The molecular formula is C20H18N2O3S. The van der Waals surface area contributed by atoms with Gasteiger partial charge in [-0.25, -0.2) is 4.98 Å². The molecule has 2 heterocycles. The second-order valence-corrected chi connectivity index (χ2v) is 7.37. The van der Waals surface area contributed by atoms with Crippen molar-refractivity contribution in [3.05, 3.63) is 53.4 Å². The van der Waals surface area contributed by atoms with E-state index in [0.29, 0.717) is 6.79 Å². The van der Waals surface area contributed by atoms with Crippen LogP contribution in [0.25, 0.3) is 11.3 Å². The fourth-order valence-electron chi connectivity index (χ4n) is 3.32. The predicted octanol–water partition coefficient (Wildman–Crippen LogP) is 4.65. The van der Waals surface area contributed by atoms with E-state index in [0.717, 1.165) is 46.5 Å². The van der Waals surface area contributed by atoms with Gasteiger partial charge in [-0.05, 0) is 42.7 Å². The van der Waals surface area contributed by atoms with Crippen molar-refractivity contribution < 1.29 is 14.2 Å². The van der Waals surface area contributed by atoms with Crippen LogP contribution in [-0.2, 0) is 5.54 Å². The van der Waals surface area contributed by atoms with E-state index in [9.17, 15) is 0 Å². The van der Waals surface area contributed by atoms with Crippen LogP contribution in [0.2, 0.25) is 0 Å². The van der Waals surface area contributed by atoms with Crippen molar-refractivity contribution in [2.24, 2.45) is 0 Å². The summed E-state index contributed by atoms with van der Waals surface area (Å²) in [5.74, 6) is 2.47. The molecule has 3 aromatic rings. The minimum absolute atomic E-state index is 0.0587. The van der Waals surface area contributed by atoms with Gasteiger partial charge in [-0.3, -0.25) is 0 Å². The molecule has 1 fully saturated rings. The Balaban J connectivity index is 1.41. The Morgan fingerprint density at radius 1 is 1.12 bits per heavy atom. The third-order valence-corrected chi connectivity index (χ3v) is 5.67. The van der Waals surface area contributed by atoms with Gasteiger partial charge in [0.05, 0.1) is 18.3 Å². The topological polar surface area (TPSA) is 52.6 Å². The molecular weight excluding hydrogens is 348 g/mol. The molecule has 0 amide bonds. The standard InChI is InChI=1S/C20H18N2O3S/c1-23-16-5-3-2-4-14(16)15-11-26-19(21-15)22-20(8-9-20)13-6-7-17-18(10-13)25-12-24-17/h2-7,10-11H,8-9,12H2,1H3,(H,21,22). The van der Waals surface area contributed by atoms with Crippen LogP contribution < -0.4 is 19.5 Å². The maximum Gasteiger partial charge on any atom is 0.231 e. The number of nitrogens with zero attached hydrogens (tertiary/aromatic N) is 1. The van der Waals surface area contributed by atoms with Crippen LogP contribution in [0, 0.1) is 0 Å². The molecule has 2 aliphatic rings. The Hall–Kier alpha value is -2.73. The lowest BCUT2D eigenvalue weighted by molar-refractivity contribution is 0.174. The maximum atomic E-state index is 5.52. The van der Waals surface area contributed by atoms with Gasteiger partial charge < -0.3 is 19.5 Å². The molecule has 1 aromatic heterocycles. The number of fused-ring (bicyclic) bond motifs is 1. The number of hydrogen-bond donors (Lipinski definition) is 1. The summed E-state index contributed by atoms with van der Waals surface area (Å²) in [6.45, 7) is 0.300. The number of anilines is 1. The number of aromatic nitrogens is 1. The number of hydrogen-bond acceptors (Lipinski definition) is 6. The van der Waals surface area contributed by atoms with E-state index >= 15 is 0 Å². The van der Waals surface area contributed by atoms with Crippen LogP contribution in [0.4, 0.5) is 5.13 Å². The first-order chi connectivity index (χ1) is 12.8. The van der Waals surface area contributed by atoms with Crippen molar-refractivity contribution in [3.8, 4) is 28.5 Å². The lowest BCUT2D eigenvalue weighted by Gasteiger charge is -2.17. The van der Waals surface area contributed by atoms with Gasteiger partial charge in [0.2, 0.25) is 6.79 Å². The van der Waals surface area contributed by atoms with Crippen LogP contribution in [0.3, 0.4) is 0 Å². The van der Waals surface area contributed by atoms with Gasteiger partial charge in [-0.1, -0.05) is 18.2 Å². The molecule has 6 heteroatoms. The van der Waals surface area contributed by atoms with Crippen LogP contribution in [0.1, 0.15) is 18.4 Å². The zero-order valence-electron chi connectivity index (χ0n) is 14.3. The molecule has 132 valence electrons. The third-order valence-electron chi connectivity index (χ3n) is 4.91. The van der Waals surface area contributed by atoms with Crippen LogP contribution in [0.5, 0.6) is 17.2 Å². The Bertz CT molecular complexity index is 965. The molecule has 0 radical (unpaired) electrons. The van der Waals surface area contributed by atoms with E-state index < -0.39 is 0 Å². The van der Waals surface area contributed by atoms with Gasteiger partial charge in [0.25, 0.3) is 0 Å². The summed E-state index contributed by atoms with van der Waals surface area (Å²) < 4.78 is 16.4. The summed E-state index contributed by atoms with van der Waals surface area (Å²) in [5, 5.41) is 6.62. The van der Waals surface area contributed by atoms with Crippen LogP contribution in [0.15, 0.2) is 47.8 Å². The summed E-state index contributed by atoms with van der Waals surface area (Å²) in [7, 11) is 1.68. The number of thiazole rings is 1. The summed E-state index contributed by atoms with van der Waals surface area (Å²) in [6, 6.07) is 14.1. The van der Waals surface area contributed by atoms with E-state index in [1.165, 1.54) is 5.56 Å². The van der Waals surface area contributed by atoms with Crippen molar-refractivity contribution in [1.29, 1.82) is 0 Å². The molecule has 0 unspecified atom stereocenters. The number of benzene rings is 2. The SMILES string of the molecule is COc1ccccc1-c1csc(NC2(c3ccc4c(c3)OCO4)CC2)n1. The van der Waals surface area contributed by atoms with E-state index in [4.69, 9.17) is 19.2 Å². The fourth-order valence-corrected chi connectivity index (χ4v) is 4.13. The van der Waals surface area contributed by atoms with Gasteiger partial charge in [0.15, 0.2) is 16.6 Å². The van der Waals surface area contributed by atoms with E-state index in [1.54, 1.807) is 18.4 Å². The number of methoxy groups -OCH3 is 1. The Morgan fingerprint density at radius 3 is 2.81 bits per heavy atom. The number of para-hydroxylation sites is 1. The molecule has 0 atom stereocenters. The molecule has 1 N–H and O–H groups in total. The second-order valence-electron chi connectivity index (χ2n) is 6.51. The van der Waals surface area contributed by atoms with E-state index in [1.807, 2.05) is 30.3 Å². The Kier molecular flexibility index (Phi) is 3.53. The zero-order valence-corrected chi connectivity index (χ0v) is 15.1. The van der Waals surface area contributed by atoms with Crippen molar-refractivity contribution in [2.45, 2.75) is 18.4 Å².